The van der Waals surface area contributed by atoms with E-state index < -0.39 is 0 Å². The summed E-state index contributed by atoms with van der Waals surface area (Å²) in [6.45, 7) is 9.30. The maximum absolute atomic E-state index is 12.8. The Morgan fingerprint density at radius 1 is 1.13 bits per heavy atom. The lowest BCUT2D eigenvalue weighted by Crippen LogP contribution is -2.42. The number of thioether (sulfide) groups is 1. The van der Waals surface area contributed by atoms with Crippen molar-refractivity contribution in [2.24, 2.45) is 0 Å². The second-order valence-corrected chi connectivity index (χ2v) is 8.88. The smallest absolute Gasteiger partial charge is 0.294 e. The standard InChI is InChI=1S/C23H31N3O3S/c1-4-10-25(11-5-2)21(27)16-26-22(28)20(30-23(26)29)15-18-8-9-19(14-17(18)3)24-12-6-7-13-24/h8-9,14-15H,4-7,10-13,16H2,1-3H3/b20-15-. The van der Waals surface area contributed by atoms with Crippen molar-refractivity contribution in [1.29, 1.82) is 0 Å². The van der Waals surface area contributed by atoms with Gasteiger partial charge in [-0.3, -0.25) is 19.3 Å². The third kappa shape index (κ3) is 5.06. The highest BCUT2D eigenvalue weighted by Crippen LogP contribution is 2.33. The van der Waals surface area contributed by atoms with Crippen molar-refractivity contribution < 1.29 is 14.4 Å². The van der Waals surface area contributed by atoms with Gasteiger partial charge in [-0.05, 0) is 73.7 Å². The lowest BCUT2D eigenvalue weighted by molar-refractivity contribution is -0.135. The minimum absolute atomic E-state index is 0.173. The summed E-state index contributed by atoms with van der Waals surface area (Å²) >= 11 is 0.913. The summed E-state index contributed by atoms with van der Waals surface area (Å²) in [7, 11) is 0. The Labute approximate surface area is 183 Å². The molecule has 3 rings (SSSR count). The van der Waals surface area contributed by atoms with E-state index in [2.05, 4.69) is 17.0 Å². The van der Waals surface area contributed by atoms with Crippen LogP contribution < -0.4 is 4.90 Å². The van der Waals surface area contributed by atoms with Crippen LogP contribution in [0.25, 0.3) is 6.08 Å². The van der Waals surface area contributed by atoms with Crippen LogP contribution in [0.3, 0.4) is 0 Å². The molecule has 1 aromatic rings. The van der Waals surface area contributed by atoms with E-state index in [9.17, 15) is 14.4 Å². The minimum Gasteiger partial charge on any atom is -0.372 e. The molecule has 1 aromatic carbocycles. The maximum atomic E-state index is 12.8. The molecule has 0 saturated carbocycles. The number of nitrogens with zero attached hydrogens (tertiary/aromatic N) is 3. The van der Waals surface area contributed by atoms with Crippen LogP contribution in [0.4, 0.5) is 10.5 Å². The second-order valence-electron chi connectivity index (χ2n) is 7.88. The van der Waals surface area contributed by atoms with Crippen LogP contribution in [0, 0.1) is 6.92 Å². The number of rotatable bonds is 8. The molecule has 2 saturated heterocycles. The predicted octanol–water partition coefficient (Wildman–Crippen LogP) is 4.28. The number of imide groups is 1. The molecule has 0 aliphatic carbocycles. The van der Waals surface area contributed by atoms with E-state index in [1.165, 1.54) is 18.5 Å². The number of amides is 3. The molecule has 2 aliphatic heterocycles. The zero-order chi connectivity index (χ0) is 21.7. The summed E-state index contributed by atoms with van der Waals surface area (Å²) in [5, 5.41) is -0.376. The van der Waals surface area contributed by atoms with Gasteiger partial charge in [0.15, 0.2) is 0 Å². The summed E-state index contributed by atoms with van der Waals surface area (Å²) in [5.41, 5.74) is 3.19. The van der Waals surface area contributed by atoms with Gasteiger partial charge in [0.2, 0.25) is 5.91 Å². The molecule has 0 unspecified atom stereocenters. The zero-order valence-corrected chi connectivity index (χ0v) is 19.0. The summed E-state index contributed by atoms with van der Waals surface area (Å²) in [5.74, 6) is -0.553. The molecular formula is C23H31N3O3S. The maximum Gasteiger partial charge on any atom is 0.294 e. The molecule has 3 amide bonds. The molecule has 0 aromatic heterocycles. The van der Waals surface area contributed by atoms with Crippen molar-refractivity contribution in [3.8, 4) is 0 Å². The zero-order valence-electron chi connectivity index (χ0n) is 18.1. The first-order valence-corrected chi connectivity index (χ1v) is 11.6. The minimum atomic E-state index is -0.380. The highest BCUT2D eigenvalue weighted by atomic mass is 32.2. The molecule has 162 valence electrons. The molecule has 0 spiro atoms. The summed E-state index contributed by atoms with van der Waals surface area (Å²) in [6, 6.07) is 6.22. The summed E-state index contributed by atoms with van der Waals surface area (Å²) in [6.07, 6.45) is 5.91. The first-order chi connectivity index (χ1) is 14.4. The predicted molar refractivity (Wildman–Crippen MR) is 122 cm³/mol. The van der Waals surface area contributed by atoms with Crippen LogP contribution in [0.5, 0.6) is 0 Å². The van der Waals surface area contributed by atoms with Crippen LogP contribution >= 0.6 is 11.8 Å². The van der Waals surface area contributed by atoms with Gasteiger partial charge in [-0.2, -0.15) is 0 Å². The lowest BCUT2D eigenvalue weighted by atomic mass is 10.1. The monoisotopic (exact) mass is 429 g/mol. The van der Waals surface area contributed by atoms with Gasteiger partial charge >= 0.3 is 0 Å². The molecule has 6 nitrogen and oxygen atoms in total. The molecule has 2 fully saturated rings. The molecule has 30 heavy (non-hydrogen) atoms. The summed E-state index contributed by atoms with van der Waals surface area (Å²) in [4.78, 5) is 43.4. The average molecular weight is 430 g/mol. The van der Waals surface area contributed by atoms with E-state index in [1.54, 1.807) is 11.0 Å². The number of carbonyl (C=O) groups is 3. The van der Waals surface area contributed by atoms with Gasteiger partial charge in [0.05, 0.1) is 4.91 Å². The Hall–Kier alpha value is -2.28. The summed E-state index contributed by atoms with van der Waals surface area (Å²) < 4.78 is 0. The Balaban J connectivity index is 1.72. The van der Waals surface area contributed by atoms with Crippen molar-refractivity contribution in [3.63, 3.8) is 0 Å². The van der Waals surface area contributed by atoms with Crippen LogP contribution in [0.1, 0.15) is 50.7 Å². The highest BCUT2D eigenvalue weighted by Gasteiger charge is 2.37. The van der Waals surface area contributed by atoms with Gasteiger partial charge in [-0.15, -0.1) is 0 Å². The molecule has 2 heterocycles. The number of aryl methyl sites for hydroxylation is 1. The Morgan fingerprint density at radius 3 is 2.40 bits per heavy atom. The average Bonchev–Trinajstić information content (AvgIpc) is 3.34. The van der Waals surface area contributed by atoms with Crippen LogP contribution in [-0.4, -0.2) is 59.6 Å². The van der Waals surface area contributed by atoms with Gasteiger partial charge in [-0.1, -0.05) is 19.9 Å². The van der Waals surface area contributed by atoms with Crippen molar-refractivity contribution >= 4 is 40.6 Å². The van der Waals surface area contributed by atoms with Crippen molar-refractivity contribution in [3.05, 3.63) is 34.2 Å². The molecule has 0 N–H and O–H groups in total. The topological polar surface area (TPSA) is 60.9 Å². The van der Waals surface area contributed by atoms with E-state index in [0.717, 1.165) is 53.7 Å². The number of hydrogen-bond donors (Lipinski definition) is 0. The van der Waals surface area contributed by atoms with Crippen LogP contribution in [0.2, 0.25) is 0 Å². The fraction of sp³-hybridized carbons (Fsp3) is 0.522. The fourth-order valence-electron chi connectivity index (χ4n) is 3.91. The van der Waals surface area contributed by atoms with E-state index in [4.69, 9.17) is 0 Å². The van der Waals surface area contributed by atoms with Gasteiger partial charge in [-0.25, -0.2) is 0 Å². The van der Waals surface area contributed by atoms with Gasteiger partial charge < -0.3 is 9.80 Å². The Morgan fingerprint density at radius 2 is 1.80 bits per heavy atom. The molecule has 0 radical (unpaired) electrons. The third-order valence-electron chi connectivity index (χ3n) is 5.52. The number of hydrogen-bond acceptors (Lipinski definition) is 5. The van der Waals surface area contributed by atoms with E-state index in [0.29, 0.717) is 18.0 Å². The van der Waals surface area contributed by atoms with Gasteiger partial charge in [0, 0.05) is 31.9 Å². The van der Waals surface area contributed by atoms with E-state index in [-0.39, 0.29) is 23.6 Å². The van der Waals surface area contributed by atoms with Gasteiger partial charge in [0.1, 0.15) is 6.54 Å². The third-order valence-corrected chi connectivity index (χ3v) is 6.43. The van der Waals surface area contributed by atoms with Crippen LogP contribution in [0.15, 0.2) is 23.1 Å². The molecule has 2 aliphatic rings. The van der Waals surface area contributed by atoms with Crippen molar-refractivity contribution in [2.45, 2.75) is 46.5 Å². The number of anilines is 1. The first kappa shape index (κ1) is 22.4. The first-order valence-electron chi connectivity index (χ1n) is 10.8. The number of benzene rings is 1. The second kappa shape index (κ2) is 10.2. The van der Waals surface area contributed by atoms with Crippen molar-refractivity contribution in [2.75, 3.05) is 37.6 Å². The Bertz CT molecular complexity index is 840. The highest BCUT2D eigenvalue weighted by molar-refractivity contribution is 8.18. The Kier molecular flexibility index (Phi) is 7.58. The molecule has 0 bridgehead atoms. The number of carbonyl (C=O) groups excluding carboxylic acids is 3. The van der Waals surface area contributed by atoms with Gasteiger partial charge in [0.25, 0.3) is 11.1 Å². The van der Waals surface area contributed by atoms with Crippen molar-refractivity contribution in [1.82, 2.24) is 9.80 Å². The van der Waals surface area contributed by atoms with Crippen LogP contribution in [-0.2, 0) is 9.59 Å². The lowest BCUT2D eigenvalue weighted by Gasteiger charge is -2.23. The fourth-order valence-corrected chi connectivity index (χ4v) is 4.74. The normalized spacial score (nSPS) is 18.0. The quantitative estimate of drug-likeness (QED) is 0.577. The van der Waals surface area contributed by atoms with E-state index in [1.807, 2.05) is 26.8 Å². The molecule has 7 heteroatoms. The molecular weight excluding hydrogens is 398 g/mol. The molecule has 0 atom stereocenters. The largest absolute Gasteiger partial charge is 0.372 e. The SMILES string of the molecule is CCCN(CCC)C(=O)CN1C(=O)S/C(=C\c2ccc(N3CCCC3)cc2C)C1=O. The van der Waals surface area contributed by atoms with E-state index >= 15 is 0 Å².